The van der Waals surface area contributed by atoms with Crippen LogP contribution in [0.2, 0.25) is 0 Å². The molecule has 1 fully saturated rings. The number of hydrazone groups is 1. The number of benzene rings is 3. The van der Waals surface area contributed by atoms with Crippen molar-refractivity contribution in [2.45, 2.75) is 39.0 Å². The SMILES string of the molecule is CC1=NN(c2ccc(C)cc2)C(=O)[C@@]12Cc1cc(C(F)(F)F)ccc1N1CCN(Cc3ccccc3)C[C@H]12. The van der Waals surface area contributed by atoms with Crippen LogP contribution in [0.4, 0.5) is 24.5 Å². The van der Waals surface area contributed by atoms with E-state index in [1.54, 1.807) is 6.07 Å². The molecule has 0 unspecified atom stereocenters. The molecule has 3 heterocycles. The molecule has 0 N–H and O–H groups in total. The number of alkyl halides is 3. The van der Waals surface area contributed by atoms with Crippen molar-refractivity contribution in [1.29, 1.82) is 0 Å². The van der Waals surface area contributed by atoms with Crippen LogP contribution in [0.1, 0.15) is 29.2 Å². The van der Waals surface area contributed by atoms with Crippen LogP contribution in [0.15, 0.2) is 77.9 Å². The number of nitrogens with zero attached hydrogens (tertiary/aromatic N) is 4. The fraction of sp³-hybridized carbons (Fsp3) is 0.333. The highest BCUT2D eigenvalue weighted by atomic mass is 19.4. The first-order valence-corrected chi connectivity index (χ1v) is 12.9. The lowest BCUT2D eigenvalue weighted by atomic mass is 9.67. The molecule has 1 amide bonds. The smallest absolute Gasteiger partial charge is 0.364 e. The van der Waals surface area contributed by atoms with E-state index in [4.69, 9.17) is 5.10 Å². The maximum atomic E-state index is 14.3. The zero-order chi connectivity index (χ0) is 26.7. The van der Waals surface area contributed by atoms with Gasteiger partial charge in [-0.05, 0) is 61.7 Å². The number of amides is 1. The Labute approximate surface area is 220 Å². The van der Waals surface area contributed by atoms with E-state index in [1.807, 2.05) is 56.3 Å². The first-order chi connectivity index (χ1) is 18.2. The fourth-order valence-electron chi connectivity index (χ4n) is 6.21. The molecule has 3 aliphatic heterocycles. The minimum atomic E-state index is -4.45. The molecule has 196 valence electrons. The zero-order valence-electron chi connectivity index (χ0n) is 21.4. The molecule has 1 spiro atoms. The van der Waals surface area contributed by atoms with Gasteiger partial charge in [-0.15, -0.1) is 0 Å². The summed E-state index contributed by atoms with van der Waals surface area (Å²) in [5.41, 5.74) is 3.13. The Bertz CT molecular complexity index is 1400. The number of hydrogen-bond donors (Lipinski definition) is 0. The molecule has 38 heavy (non-hydrogen) atoms. The third-order valence-corrected chi connectivity index (χ3v) is 8.22. The van der Waals surface area contributed by atoms with E-state index in [0.717, 1.165) is 30.4 Å². The van der Waals surface area contributed by atoms with Crippen LogP contribution >= 0.6 is 0 Å². The van der Waals surface area contributed by atoms with Gasteiger partial charge in [0.15, 0.2) is 0 Å². The van der Waals surface area contributed by atoms with Gasteiger partial charge in [-0.2, -0.15) is 23.3 Å². The number of carbonyl (C=O) groups is 1. The molecular formula is C30H29F3N4O. The standard InChI is InChI=1S/C30H29F3N4O/c1-20-8-11-25(12-9-20)37-28(38)29(21(2)34-37)17-23-16-24(30(31,32)33)10-13-26(23)36-15-14-35(19-27(29)36)18-22-6-4-3-5-7-22/h3-13,16,27H,14-15,17-19H2,1-2H3/t27-,29-/m0/s1. The second-order valence-corrected chi connectivity index (χ2v) is 10.6. The van der Waals surface area contributed by atoms with E-state index >= 15 is 0 Å². The van der Waals surface area contributed by atoms with Gasteiger partial charge in [0, 0.05) is 31.9 Å². The van der Waals surface area contributed by atoms with Gasteiger partial charge in [0.1, 0.15) is 5.41 Å². The molecule has 3 aromatic carbocycles. The molecule has 0 aliphatic carbocycles. The van der Waals surface area contributed by atoms with Gasteiger partial charge < -0.3 is 4.90 Å². The number of anilines is 2. The third kappa shape index (κ3) is 3.98. The van der Waals surface area contributed by atoms with E-state index in [9.17, 15) is 18.0 Å². The monoisotopic (exact) mass is 518 g/mol. The van der Waals surface area contributed by atoms with Gasteiger partial charge in [-0.1, -0.05) is 48.0 Å². The lowest BCUT2D eigenvalue weighted by Crippen LogP contribution is -2.66. The molecule has 1 saturated heterocycles. The Balaban J connectivity index is 1.43. The summed E-state index contributed by atoms with van der Waals surface area (Å²) in [6, 6.07) is 21.5. The van der Waals surface area contributed by atoms with Crippen LogP contribution < -0.4 is 9.91 Å². The van der Waals surface area contributed by atoms with Crippen molar-refractivity contribution in [3.05, 3.63) is 95.1 Å². The number of piperazine rings is 1. The highest BCUT2D eigenvalue weighted by Crippen LogP contribution is 2.49. The first-order valence-electron chi connectivity index (χ1n) is 12.9. The maximum Gasteiger partial charge on any atom is 0.416 e. The van der Waals surface area contributed by atoms with Crippen LogP contribution in [0, 0.1) is 12.3 Å². The predicted molar refractivity (Wildman–Crippen MR) is 142 cm³/mol. The largest absolute Gasteiger partial charge is 0.416 e. The van der Waals surface area contributed by atoms with E-state index < -0.39 is 17.2 Å². The Morgan fingerprint density at radius 2 is 1.71 bits per heavy atom. The van der Waals surface area contributed by atoms with Crippen LogP contribution in [0.25, 0.3) is 0 Å². The van der Waals surface area contributed by atoms with Gasteiger partial charge >= 0.3 is 6.18 Å². The number of halogens is 3. The van der Waals surface area contributed by atoms with E-state index in [0.29, 0.717) is 30.1 Å². The molecule has 0 radical (unpaired) electrons. The van der Waals surface area contributed by atoms with Crippen molar-refractivity contribution in [2.75, 3.05) is 29.5 Å². The minimum Gasteiger partial charge on any atom is -0.364 e. The molecule has 8 heteroatoms. The van der Waals surface area contributed by atoms with Crippen molar-refractivity contribution < 1.29 is 18.0 Å². The summed E-state index contributed by atoms with van der Waals surface area (Å²) in [4.78, 5) is 18.8. The number of rotatable bonds is 3. The molecule has 0 aromatic heterocycles. The number of carbonyl (C=O) groups excluding carboxylic acids is 1. The highest BCUT2D eigenvalue weighted by molar-refractivity contribution is 6.20. The minimum absolute atomic E-state index is 0.182. The molecule has 0 saturated carbocycles. The Morgan fingerprint density at radius 1 is 0.974 bits per heavy atom. The molecule has 3 aromatic rings. The van der Waals surface area contributed by atoms with Gasteiger partial charge in [-0.25, -0.2) is 0 Å². The van der Waals surface area contributed by atoms with Crippen molar-refractivity contribution >= 4 is 23.0 Å². The second-order valence-electron chi connectivity index (χ2n) is 10.6. The number of fused-ring (bicyclic) bond motifs is 4. The summed E-state index contributed by atoms with van der Waals surface area (Å²) in [6.07, 6.45) is -4.27. The van der Waals surface area contributed by atoms with Gasteiger partial charge in [0.25, 0.3) is 5.91 Å². The summed E-state index contributed by atoms with van der Waals surface area (Å²) in [5.74, 6) is -0.182. The first kappa shape index (κ1) is 24.7. The van der Waals surface area contributed by atoms with Crippen molar-refractivity contribution in [3.63, 3.8) is 0 Å². The molecule has 2 atom stereocenters. The summed E-state index contributed by atoms with van der Waals surface area (Å²) in [5, 5.41) is 6.17. The molecule has 5 nitrogen and oxygen atoms in total. The second kappa shape index (κ2) is 8.98. The lowest BCUT2D eigenvalue weighted by molar-refractivity contribution is -0.137. The fourth-order valence-corrected chi connectivity index (χ4v) is 6.21. The summed E-state index contributed by atoms with van der Waals surface area (Å²) < 4.78 is 41.0. The van der Waals surface area contributed by atoms with E-state index in [2.05, 4.69) is 21.9 Å². The Hall–Kier alpha value is -3.65. The quantitative estimate of drug-likeness (QED) is 0.449. The van der Waals surface area contributed by atoms with Crippen LogP contribution in [0.5, 0.6) is 0 Å². The highest BCUT2D eigenvalue weighted by Gasteiger charge is 2.60. The van der Waals surface area contributed by atoms with E-state index in [-0.39, 0.29) is 18.4 Å². The zero-order valence-corrected chi connectivity index (χ0v) is 21.4. The van der Waals surface area contributed by atoms with Gasteiger partial charge in [0.05, 0.1) is 23.0 Å². The lowest BCUT2D eigenvalue weighted by Gasteiger charge is -2.53. The van der Waals surface area contributed by atoms with Gasteiger partial charge in [-0.3, -0.25) is 9.69 Å². The van der Waals surface area contributed by atoms with Crippen LogP contribution in [-0.2, 0) is 23.9 Å². The third-order valence-electron chi connectivity index (χ3n) is 8.22. The van der Waals surface area contributed by atoms with Crippen LogP contribution in [-0.4, -0.2) is 42.2 Å². The maximum absolute atomic E-state index is 14.3. The average Bonchev–Trinajstić information content (AvgIpc) is 3.14. The Kier molecular flexibility index (Phi) is 5.83. The Morgan fingerprint density at radius 3 is 2.42 bits per heavy atom. The van der Waals surface area contributed by atoms with Crippen molar-refractivity contribution in [1.82, 2.24) is 4.90 Å². The summed E-state index contributed by atoms with van der Waals surface area (Å²) in [7, 11) is 0. The van der Waals surface area contributed by atoms with E-state index in [1.165, 1.54) is 16.6 Å². The summed E-state index contributed by atoms with van der Waals surface area (Å²) in [6.45, 7) is 6.53. The normalized spacial score (nSPS) is 23.4. The van der Waals surface area contributed by atoms with Gasteiger partial charge in [0.2, 0.25) is 0 Å². The summed E-state index contributed by atoms with van der Waals surface area (Å²) >= 11 is 0. The molecule has 3 aliphatic rings. The average molecular weight is 519 g/mol. The van der Waals surface area contributed by atoms with Crippen molar-refractivity contribution in [3.8, 4) is 0 Å². The molecular weight excluding hydrogens is 489 g/mol. The molecule has 6 rings (SSSR count). The number of hydrogen-bond acceptors (Lipinski definition) is 4. The van der Waals surface area contributed by atoms with Crippen molar-refractivity contribution in [2.24, 2.45) is 10.5 Å². The predicted octanol–water partition coefficient (Wildman–Crippen LogP) is 5.67. The van der Waals surface area contributed by atoms with Crippen LogP contribution in [0.3, 0.4) is 0 Å². The molecule has 0 bridgehead atoms. The number of aryl methyl sites for hydroxylation is 1. The topological polar surface area (TPSA) is 39.2 Å².